The third-order valence-electron chi connectivity index (χ3n) is 4.27. The number of carbonyl (C=O) groups is 2. The summed E-state index contributed by atoms with van der Waals surface area (Å²) in [5.74, 6) is -0.196. The van der Waals surface area contributed by atoms with Crippen LogP contribution >= 0.6 is 0 Å². The van der Waals surface area contributed by atoms with E-state index in [2.05, 4.69) is 5.32 Å². The van der Waals surface area contributed by atoms with Crippen molar-refractivity contribution in [3.63, 3.8) is 0 Å². The summed E-state index contributed by atoms with van der Waals surface area (Å²) in [6.07, 6.45) is 2.45. The van der Waals surface area contributed by atoms with E-state index in [1.807, 2.05) is 31.2 Å². The van der Waals surface area contributed by atoms with Crippen LogP contribution in [0, 0.1) is 12.8 Å². The highest BCUT2D eigenvalue weighted by atomic mass is 16.2. The van der Waals surface area contributed by atoms with Gasteiger partial charge in [0.2, 0.25) is 11.8 Å². The molecule has 1 aromatic rings. The number of nitrogens with zero attached hydrogens (tertiary/aromatic N) is 1. The Bertz CT molecular complexity index is 534. The Kier molecular flexibility index (Phi) is 3.24. The summed E-state index contributed by atoms with van der Waals surface area (Å²) in [7, 11) is 1.79. The van der Waals surface area contributed by atoms with Crippen LogP contribution < -0.4 is 5.32 Å². The molecule has 2 amide bonds. The molecule has 0 radical (unpaired) electrons. The lowest BCUT2D eigenvalue weighted by Crippen LogP contribution is -2.35. The topological polar surface area (TPSA) is 49.4 Å². The van der Waals surface area contributed by atoms with Crippen LogP contribution in [0.1, 0.15) is 36.4 Å². The fourth-order valence-corrected chi connectivity index (χ4v) is 2.86. The molecule has 4 nitrogen and oxygen atoms in total. The van der Waals surface area contributed by atoms with Crippen molar-refractivity contribution in [2.45, 2.75) is 38.3 Å². The first-order valence-corrected chi connectivity index (χ1v) is 7.19. The molecule has 1 aromatic carbocycles. The molecule has 4 heteroatoms. The monoisotopic (exact) mass is 272 g/mol. The van der Waals surface area contributed by atoms with E-state index in [1.54, 1.807) is 11.9 Å². The van der Waals surface area contributed by atoms with E-state index >= 15 is 0 Å². The lowest BCUT2D eigenvalue weighted by Gasteiger charge is -2.25. The predicted molar refractivity (Wildman–Crippen MR) is 76.0 cm³/mol. The van der Waals surface area contributed by atoms with Crippen molar-refractivity contribution >= 4 is 11.8 Å². The number of amides is 2. The quantitative estimate of drug-likeness (QED) is 0.912. The Labute approximate surface area is 119 Å². The van der Waals surface area contributed by atoms with Gasteiger partial charge >= 0.3 is 0 Å². The molecule has 3 rings (SSSR count). The SMILES string of the molecule is Cc1ccc([C@H]2[C@@H](C(=O)NC3CC3)CC(=O)N2C)cc1. The molecule has 1 aliphatic heterocycles. The molecule has 0 bridgehead atoms. The van der Waals surface area contributed by atoms with E-state index in [1.165, 1.54) is 5.56 Å². The van der Waals surface area contributed by atoms with E-state index in [0.717, 1.165) is 18.4 Å². The van der Waals surface area contributed by atoms with Crippen molar-refractivity contribution in [2.24, 2.45) is 5.92 Å². The molecule has 20 heavy (non-hydrogen) atoms. The van der Waals surface area contributed by atoms with Crippen LogP contribution in [-0.4, -0.2) is 29.8 Å². The maximum absolute atomic E-state index is 12.3. The molecular weight excluding hydrogens is 252 g/mol. The van der Waals surface area contributed by atoms with E-state index in [-0.39, 0.29) is 23.8 Å². The molecular formula is C16H20N2O2. The number of aryl methyl sites for hydroxylation is 1. The minimum absolute atomic E-state index is 0.0239. The Morgan fingerprint density at radius 1 is 1.25 bits per heavy atom. The first-order valence-electron chi connectivity index (χ1n) is 7.19. The third-order valence-corrected chi connectivity index (χ3v) is 4.27. The van der Waals surface area contributed by atoms with Crippen molar-refractivity contribution in [1.29, 1.82) is 0 Å². The highest BCUT2D eigenvalue weighted by molar-refractivity contribution is 5.90. The van der Waals surface area contributed by atoms with Crippen LogP contribution in [-0.2, 0) is 9.59 Å². The second-order valence-corrected chi connectivity index (χ2v) is 5.95. The van der Waals surface area contributed by atoms with Crippen molar-refractivity contribution in [3.05, 3.63) is 35.4 Å². The summed E-state index contributed by atoms with van der Waals surface area (Å²) in [6.45, 7) is 2.03. The lowest BCUT2D eigenvalue weighted by atomic mass is 9.92. The molecule has 2 atom stereocenters. The van der Waals surface area contributed by atoms with Gasteiger partial charge in [0.1, 0.15) is 0 Å². The highest BCUT2D eigenvalue weighted by Gasteiger charge is 2.43. The Balaban J connectivity index is 1.85. The Hall–Kier alpha value is -1.84. The van der Waals surface area contributed by atoms with Gasteiger partial charge < -0.3 is 10.2 Å². The normalized spacial score (nSPS) is 25.9. The van der Waals surface area contributed by atoms with E-state index in [4.69, 9.17) is 0 Å². The molecule has 0 unspecified atom stereocenters. The van der Waals surface area contributed by atoms with E-state index in [9.17, 15) is 9.59 Å². The maximum atomic E-state index is 12.3. The number of hydrogen-bond donors (Lipinski definition) is 1. The predicted octanol–water partition coefficient (Wildman–Crippen LogP) is 1.79. The van der Waals surface area contributed by atoms with E-state index in [0.29, 0.717) is 12.5 Å². The summed E-state index contributed by atoms with van der Waals surface area (Å²) < 4.78 is 0. The molecule has 1 N–H and O–H groups in total. The zero-order valence-electron chi connectivity index (χ0n) is 11.9. The number of hydrogen-bond acceptors (Lipinski definition) is 2. The van der Waals surface area contributed by atoms with Crippen LogP contribution in [0.2, 0.25) is 0 Å². The number of carbonyl (C=O) groups excluding carboxylic acids is 2. The maximum Gasteiger partial charge on any atom is 0.226 e. The molecule has 2 fully saturated rings. The van der Waals surface area contributed by atoms with Gasteiger partial charge in [-0.2, -0.15) is 0 Å². The van der Waals surface area contributed by atoms with Gasteiger partial charge in [-0.1, -0.05) is 29.8 Å². The number of likely N-dealkylation sites (tertiary alicyclic amines) is 1. The van der Waals surface area contributed by atoms with Crippen molar-refractivity contribution in [3.8, 4) is 0 Å². The molecule has 0 spiro atoms. The Morgan fingerprint density at radius 2 is 1.90 bits per heavy atom. The molecule has 1 aliphatic carbocycles. The largest absolute Gasteiger partial charge is 0.353 e. The number of nitrogens with one attached hydrogen (secondary N) is 1. The summed E-state index contributed by atoms with van der Waals surface area (Å²) in [5.41, 5.74) is 2.22. The van der Waals surface area contributed by atoms with Crippen LogP contribution in [0.4, 0.5) is 0 Å². The van der Waals surface area contributed by atoms with Crippen LogP contribution in [0.5, 0.6) is 0 Å². The minimum atomic E-state index is -0.268. The zero-order chi connectivity index (χ0) is 14.3. The molecule has 106 valence electrons. The van der Waals surface area contributed by atoms with Crippen molar-refractivity contribution in [2.75, 3.05) is 7.05 Å². The van der Waals surface area contributed by atoms with Gasteiger partial charge in [-0.05, 0) is 25.3 Å². The minimum Gasteiger partial charge on any atom is -0.353 e. The molecule has 1 saturated heterocycles. The van der Waals surface area contributed by atoms with Gasteiger partial charge in [0.05, 0.1) is 12.0 Å². The molecule has 1 heterocycles. The lowest BCUT2D eigenvalue weighted by molar-refractivity contribution is -0.128. The second-order valence-electron chi connectivity index (χ2n) is 5.95. The standard InChI is InChI=1S/C16H20N2O2/c1-10-3-5-11(6-4-10)15-13(9-14(19)18(15)2)16(20)17-12-7-8-12/h3-6,12-13,15H,7-9H2,1-2H3,(H,17,20)/t13-,15-/m0/s1. The summed E-state index contributed by atoms with van der Waals surface area (Å²) in [6, 6.07) is 8.30. The van der Waals surface area contributed by atoms with E-state index < -0.39 is 0 Å². The van der Waals surface area contributed by atoms with Crippen molar-refractivity contribution < 1.29 is 9.59 Å². The first kappa shape index (κ1) is 13.2. The van der Waals surface area contributed by atoms with Gasteiger partial charge in [0.25, 0.3) is 0 Å². The van der Waals surface area contributed by atoms with Crippen LogP contribution in [0.15, 0.2) is 24.3 Å². The smallest absolute Gasteiger partial charge is 0.226 e. The number of rotatable bonds is 3. The summed E-state index contributed by atoms with van der Waals surface area (Å²) >= 11 is 0. The third kappa shape index (κ3) is 2.42. The van der Waals surface area contributed by atoms with Gasteiger partial charge in [-0.25, -0.2) is 0 Å². The zero-order valence-corrected chi connectivity index (χ0v) is 11.9. The average molecular weight is 272 g/mol. The Morgan fingerprint density at radius 3 is 2.50 bits per heavy atom. The summed E-state index contributed by atoms with van der Waals surface area (Å²) in [5, 5.41) is 3.03. The van der Waals surface area contributed by atoms with Gasteiger partial charge in [0, 0.05) is 19.5 Å². The van der Waals surface area contributed by atoms with Crippen LogP contribution in [0.25, 0.3) is 0 Å². The highest BCUT2D eigenvalue weighted by Crippen LogP contribution is 2.37. The fraction of sp³-hybridized carbons (Fsp3) is 0.500. The average Bonchev–Trinajstić information content (AvgIpc) is 3.18. The van der Waals surface area contributed by atoms with Gasteiger partial charge in [0.15, 0.2) is 0 Å². The second kappa shape index (κ2) is 4.93. The van der Waals surface area contributed by atoms with Gasteiger partial charge in [-0.15, -0.1) is 0 Å². The summed E-state index contributed by atoms with van der Waals surface area (Å²) in [4.78, 5) is 26.0. The molecule has 2 aliphatic rings. The van der Waals surface area contributed by atoms with Crippen molar-refractivity contribution in [1.82, 2.24) is 10.2 Å². The number of benzene rings is 1. The molecule has 0 aromatic heterocycles. The molecule has 1 saturated carbocycles. The fourth-order valence-electron chi connectivity index (χ4n) is 2.86. The van der Waals surface area contributed by atoms with Gasteiger partial charge in [-0.3, -0.25) is 9.59 Å². The first-order chi connectivity index (χ1) is 9.56. The van der Waals surface area contributed by atoms with Crippen LogP contribution in [0.3, 0.4) is 0 Å².